The van der Waals surface area contributed by atoms with Crippen molar-refractivity contribution in [1.29, 1.82) is 0 Å². The molecule has 6 nitrogen and oxygen atoms in total. The zero-order chi connectivity index (χ0) is 14.1. The van der Waals surface area contributed by atoms with Crippen LogP contribution in [0.3, 0.4) is 0 Å². The van der Waals surface area contributed by atoms with E-state index in [2.05, 4.69) is 19.0 Å². The summed E-state index contributed by atoms with van der Waals surface area (Å²) in [6.07, 6.45) is 1.50. The van der Waals surface area contributed by atoms with Crippen LogP contribution < -0.4 is 5.32 Å². The molecule has 0 saturated heterocycles. The molecule has 0 fully saturated rings. The van der Waals surface area contributed by atoms with E-state index < -0.39 is 5.97 Å². The number of aromatic carboxylic acids is 1. The average molecular weight is 307 g/mol. The zero-order valence-electron chi connectivity index (χ0n) is 9.87. The van der Waals surface area contributed by atoms with Crippen molar-refractivity contribution in [2.75, 3.05) is 5.32 Å². The molecule has 0 saturated carbocycles. The second kappa shape index (κ2) is 5.03. The number of carbonyl (C=O) groups is 1. The van der Waals surface area contributed by atoms with Gasteiger partial charge in [0.1, 0.15) is 22.4 Å². The number of rotatable bonds is 3. The third kappa shape index (κ3) is 2.17. The van der Waals surface area contributed by atoms with Gasteiger partial charge < -0.3 is 10.4 Å². The van der Waals surface area contributed by atoms with Crippen LogP contribution in [0.1, 0.15) is 10.4 Å². The van der Waals surface area contributed by atoms with Gasteiger partial charge in [-0.05, 0) is 24.3 Å². The van der Waals surface area contributed by atoms with E-state index in [4.69, 9.17) is 16.7 Å². The Bertz CT molecular complexity index is 805. The fourth-order valence-corrected chi connectivity index (χ4v) is 2.48. The lowest BCUT2D eigenvalue weighted by Crippen LogP contribution is -2.05. The Hall–Kier alpha value is -2.25. The van der Waals surface area contributed by atoms with E-state index in [1.807, 2.05) is 0 Å². The van der Waals surface area contributed by atoms with Crippen molar-refractivity contribution in [3.63, 3.8) is 0 Å². The Labute approximate surface area is 122 Å². The van der Waals surface area contributed by atoms with Gasteiger partial charge in [0.05, 0.1) is 22.4 Å². The van der Waals surface area contributed by atoms with E-state index in [1.54, 1.807) is 18.2 Å². The van der Waals surface area contributed by atoms with Crippen molar-refractivity contribution in [3.05, 3.63) is 41.0 Å². The number of hydrogen-bond donors (Lipinski definition) is 2. The summed E-state index contributed by atoms with van der Waals surface area (Å²) in [7, 11) is 0. The first-order valence-electron chi connectivity index (χ1n) is 5.53. The van der Waals surface area contributed by atoms with Gasteiger partial charge in [0.2, 0.25) is 0 Å². The Morgan fingerprint density at radius 1 is 1.30 bits per heavy atom. The predicted octanol–water partition coefficient (Wildman–Crippen LogP) is 3.18. The Morgan fingerprint density at radius 2 is 2.15 bits per heavy atom. The van der Waals surface area contributed by atoms with Gasteiger partial charge in [-0.25, -0.2) is 9.78 Å². The second-order valence-corrected chi connectivity index (χ2v) is 4.82. The highest BCUT2D eigenvalue weighted by molar-refractivity contribution is 7.00. The smallest absolute Gasteiger partial charge is 0.339 e. The lowest BCUT2D eigenvalue weighted by molar-refractivity contribution is 0.0697. The lowest BCUT2D eigenvalue weighted by Gasteiger charge is -2.10. The van der Waals surface area contributed by atoms with Gasteiger partial charge >= 0.3 is 5.97 Å². The highest BCUT2D eigenvalue weighted by Gasteiger charge is 2.15. The number of pyridine rings is 1. The van der Waals surface area contributed by atoms with Crippen LogP contribution in [0.15, 0.2) is 30.5 Å². The molecule has 2 aromatic heterocycles. The summed E-state index contributed by atoms with van der Waals surface area (Å²) >= 11 is 7.20. The fraction of sp³-hybridized carbons (Fsp3) is 0. The number of nitrogens with zero attached hydrogens (tertiary/aromatic N) is 3. The molecule has 0 atom stereocenters. The van der Waals surface area contributed by atoms with Gasteiger partial charge in [0.15, 0.2) is 0 Å². The summed E-state index contributed by atoms with van der Waals surface area (Å²) in [6.45, 7) is 0. The number of aromatic nitrogens is 3. The summed E-state index contributed by atoms with van der Waals surface area (Å²) < 4.78 is 8.27. The number of benzene rings is 1. The van der Waals surface area contributed by atoms with Crippen LogP contribution in [0.25, 0.3) is 11.0 Å². The molecule has 3 aromatic rings. The quantitative estimate of drug-likeness (QED) is 0.772. The standard InChI is InChI=1S/C12H7ClN4O2S/c13-7-3-4-8-10(17-20-16-8)9(7)15-11-6(12(18)19)2-1-5-14-11/h1-5H,(H,14,15)(H,18,19). The van der Waals surface area contributed by atoms with Gasteiger partial charge in [-0.1, -0.05) is 11.6 Å². The van der Waals surface area contributed by atoms with Crippen LogP contribution >= 0.6 is 23.3 Å². The van der Waals surface area contributed by atoms with Crippen molar-refractivity contribution < 1.29 is 9.90 Å². The van der Waals surface area contributed by atoms with Crippen molar-refractivity contribution >= 4 is 51.8 Å². The minimum absolute atomic E-state index is 0.0590. The van der Waals surface area contributed by atoms with Crippen molar-refractivity contribution in [3.8, 4) is 0 Å². The molecule has 0 bridgehead atoms. The van der Waals surface area contributed by atoms with Crippen LogP contribution in [0, 0.1) is 0 Å². The summed E-state index contributed by atoms with van der Waals surface area (Å²) in [5.74, 6) is -0.859. The number of anilines is 2. The molecule has 100 valence electrons. The third-order valence-corrected chi connectivity index (χ3v) is 3.52. The summed E-state index contributed by atoms with van der Waals surface area (Å²) in [4.78, 5) is 15.2. The molecule has 0 spiro atoms. The summed E-state index contributed by atoms with van der Waals surface area (Å²) in [6, 6.07) is 6.45. The number of carboxylic acids is 1. The van der Waals surface area contributed by atoms with Crippen LogP contribution in [0.5, 0.6) is 0 Å². The maximum atomic E-state index is 11.2. The molecule has 0 aliphatic rings. The van der Waals surface area contributed by atoms with Crippen molar-refractivity contribution in [2.45, 2.75) is 0 Å². The maximum Gasteiger partial charge on any atom is 0.339 e. The molecule has 0 radical (unpaired) electrons. The number of hydrogen-bond acceptors (Lipinski definition) is 6. The third-order valence-electron chi connectivity index (χ3n) is 2.66. The van der Waals surface area contributed by atoms with Crippen molar-refractivity contribution in [1.82, 2.24) is 13.7 Å². The average Bonchev–Trinajstić information content (AvgIpc) is 2.91. The summed E-state index contributed by atoms with van der Waals surface area (Å²) in [5.41, 5.74) is 1.84. The van der Waals surface area contributed by atoms with Crippen LogP contribution in [0.4, 0.5) is 11.5 Å². The first-order valence-corrected chi connectivity index (χ1v) is 6.64. The number of halogens is 1. The van der Waals surface area contributed by atoms with E-state index in [0.717, 1.165) is 11.7 Å². The normalized spacial score (nSPS) is 10.7. The molecule has 3 rings (SSSR count). The SMILES string of the molecule is O=C(O)c1cccnc1Nc1c(Cl)ccc2nsnc12. The number of nitrogens with one attached hydrogen (secondary N) is 1. The van der Waals surface area contributed by atoms with E-state index in [1.165, 1.54) is 12.3 Å². The predicted molar refractivity (Wildman–Crippen MR) is 76.9 cm³/mol. The van der Waals surface area contributed by atoms with Crippen LogP contribution in [-0.4, -0.2) is 24.8 Å². The van der Waals surface area contributed by atoms with Gasteiger partial charge in [-0.3, -0.25) is 0 Å². The Kier molecular flexibility index (Phi) is 3.21. The molecule has 2 heterocycles. The first kappa shape index (κ1) is 12.8. The number of fused-ring (bicyclic) bond motifs is 1. The topological polar surface area (TPSA) is 88.0 Å². The van der Waals surface area contributed by atoms with Gasteiger partial charge in [-0.2, -0.15) is 8.75 Å². The second-order valence-electron chi connectivity index (χ2n) is 3.88. The maximum absolute atomic E-state index is 11.2. The van der Waals surface area contributed by atoms with E-state index in [9.17, 15) is 4.79 Å². The minimum Gasteiger partial charge on any atom is -0.478 e. The molecule has 8 heteroatoms. The lowest BCUT2D eigenvalue weighted by atomic mass is 10.2. The van der Waals surface area contributed by atoms with E-state index in [-0.39, 0.29) is 11.4 Å². The molecule has 0 aliphatic heterocycles. The highest BCUT2D eigenvalue weighted by Crippen LogP contribution is 2.32. The molecule has 0 amide bonds. The van der Waals surface area contributed by atoms with Crippen LogP contribution in [0.2, 0.25) is 5.02 Å². The number of carboxylic acid groups (broad SMARTS) is 1. The molecule has 0 unspecified atom stereocenters. The molecule has 2 N–H and O–H groups in total. The van der Waals surface area contributed by atoms with Crippen LogP contribution in [-0.2, 0) is 0 Å². The first-order chi connectivity index (χ1) is 9.66. The van der Waals surface area contributed by atoms with E-state index >= 15 is 0 Å². The monoisotopic (exact) mass is 306 g/mol. The molecular weight excluding hydrogens is 300 g/mol. The van der Waals surface area contributed by atoms with Crippen molar-refractivity contribution in [2.24, 2.45) is 0 Å². The van der Waals surface area contributed by atoms with Gasteiger partial charge in [0, 0.05) is 6.20 Å². The molecule has 20 heavy (non-hydrogen) atoms. The molecular formula is C12H7ClN4O2S. The minimum atomic E-state index is -1.07. The molecule has 1 aromatic carbocycles. The Balaban J connectivity index is 2.12. The zero-order valence-corrected chi connectivity index (χ0v) is 11.4. The Morgan fingerprint density at radius 3 is 2.95 bits per heavy atom. The molecule has 0 aliphatic carbocycles. The summed E-state index contributed by atoms with van der Waals surface area (Å²) in [5, 5.41) is 12.5. The highest BCUT2D eigenvalue weighted by atomic mass is 35.5. The van der Waals surface area contributed by atoms with Gasteiger partial charge in [-0.15, -0.1) is 0 Å². The largest absolute Gasteiger partial charge is 0.478 e. The van der Waals surface area contributed by atoms with E-state index in [0.29, 0.717) is 21.7 Å². The van der Waals surface area contributed by atoms with Gasteiger partial charge in [0.25, 0.3) is 0 Å². The fourth-order valence-electron chi connectivity index (χ4n) is 1.74.